The van der Waals surface area contributed by atoms with Crippen LogP contribution in [-0.4, -0.2) is 10.1 Å². The van der Waals surface area contributed by atoms with E-state index in [1.807, 2.05) is 0 Å². The van der Waals surface area contributed by atoms with Crippen LogP contribution < -0.4 is 5.73 Å². The predicted molar refractivity (Wildman–Crippen MR) is 54.7 cm³/mol. The Morgan fingerprint density at radius 3 is 2.21 bits per heavy atom. The Labute approximate surface area is 84.9 Å². The second-order valence-electron chi connectivity index (χ2n) is 3.79. The van der Waals surface area contributed by atoms with Gasteiger partial charge in [-0.15, -0.1) is 0 Å². The monoisotopic (exact) mass is 197 g/mol. The quantitative estimate of drug-likeness (QED) is 0.785. The molecule has 0 radical (unpaired) electrons. The van der Waals surface area contributed by atoms with E-state index < -0.39 is 5.54 Å². The lowest BCUT2D eigenvalue weighted by molar-refractivity contribution is 0.319. The maximum absolute atomic E-state index is 6.27. The van der Waals surface area contributed by atoms with Crippen molar-refractivity contribution in [1.82, 2.24) is 10.1 Å². The number of hydrogen-bond donors (Lipinski definition) is 1. The third-order valence-corrected chi connectivity index (χ3v) is 2.37. The molecule has 0 spiro atoms. The molecule has 0 unspecified atom stereocenters. The molecule has 0 aliphatic rings. The van der Waals surface area contributed by atoms with Crippen LogP contribution in [0.5, 0.6) is 0 Å². The van der Waals surface area contributed by atoms with Crippen LogP contribution in [-0.2, 0) is 5.54 Å². The zero-order valence-corrected chi connectivity index (χ0v) is 9.21. The van der Waals surface area contributed by atoms with E-state index in [2.05, 4.69) is 24.0 Å². The lowest BCUT2D eigenvalue weighted by atomic mass is 9.89. The van der Waals surface area contributed by atoms with Crippen LogP contribution in [0.15, 0.2) is 4.52 Å². The van der Waals surface area contributed by atoms with Gasteiger partial charge in [0.2, 0.25) is 5.89 Å². The molecule has 0 bridgehead atoms. The molecule has 2 N–H and O–H groups in total. The van der Waals surface area contributed by atoms with Crippen LogP contribution in [0, 0.1) is 6.92 Å². The maximum Gasteiger partial charge on any atom is 0.223 e. The third kappa shape index (κ3) is 2.32. The zero-order chi connectivity index (χ0) is 10.6. The van der Waals surface area contributed by atoms with Crippen molar-refractivity contribution < 1.29 is 4.52 Å². The summed E-state index contributed by atoms with van der Waals surface area (Å²) in [6.07, 6.45) is 3.87. The molecule has 1 rings (SSSR count). The number of nitrogens with two attached hydrogens (primary N) is 1. The van der Waals surface area contributed by atoms with E-state index in [9.17, 15) is 0 Å². The van der Waals surface area contributed by atoms with E-state index in [4.69, 9.17) is 10.3 Å². The Morgan fingerprint density at radius 2 is 1.86 bits per heavy atom. The van der Waals surface area contributed by atoms with Gasteiger partial charge in [-0.3, -0.25) is 0 Å². The van der Waals surface area contributed by atoms with Gasteiger partial charge < -0.3 is 10.3 Å². The lowest BCUT2D eigenvalue weighted by Crippen LogP contribution is -2.37. The molecule has 14 heavy (non-hydrogen) atoms. The molecule has 0 aromatic carbocycles. The largest absolute Gasteiger partial charge is 0.340 e. The first-order valence-corrected chi connectivity index (χ1v) is 5.22. The molecule has 0 fully saturated rings. The summed E-state index contributed by atoms with van der Waals surface area (Å²) in [5.74, 6) is 1.24. The molecule has 0 aliphatic heterocycles. The van der Waals surface area contributed by atoms with E-state index in [-0.39, 0.29) is 0 Å². The van der Waals surface area contributed by atoms with Crippen molar-refractivity contribution in [3.63, 3.8) is 0 Å². The number of nitrogens with zero attached hydrogens (tertiary/aromatic N) is 2. The molecular weight excluding hydrogens is 178 g/mol. The highest BCUT2D eigenvalue weighted by Gasteiger charge is 2.30. The summed E-state index contributed by atoms with van der Waals surface area (Å²) in [7, 11) is 0. The number of hydrogen-bond acceptors (Lipinski definition) is 4. The number of aromatic nitrogens is 2. The highest BCUT2D eigenvalue weighted by Crippen LogP contribution is 2.26. The fraction of sp³-hybridized carbons (Fsp3) is 0.800. The molecule has 0 saturated heterocycles. The average Bonchev–Trinajstić information content (AvgIpc) is 2.53. The van der Waals surface area contributed by atoms with Crippen LogP contribution in [0.1, 0.15) is 51.2 Å². The zero-order valence-electron chi connectivity index (χ0n) is 9.21. The van der Waals surface area contributed by atoms with E-state index in [1.54, 1.807) is 6.92 Å². The van der Waals surface area contributed by atoms with Gasteiger partial charge in [-0.1, -0.05) is 31.8 Å². The fourth-order valence-corrected chi connectivity index (χ4v) is 1.74. The van der Waals surface area contributed by atoms with Crippen molar-refractivity contribution >= 4 is 0 Å². The minimum atomic E-state index is -0.402. The van der Waals surface area contributed by atoms with Gasteiger partial charge in [0.15, 0.2) is 5.82 Å². The summed E-state index contributed by atoms with van der Waals surface area (Å²) < 4.78 is 4.96. The first-order chi connectivity index (χ1) is 6.62. The van der Waals surface area contributed by atoms with Gasteiger partial charge in [0.05, 0.1) is 5.54 Å². The normalized spacial score (nSPS) is 12.0. The summed E-state index contributed by atoms with van der Waals surface area (Å²) >= 11 is 0. The number of rotatable bonds is 5. The van der Waals surface area contributed by atoms with Crippen molar-refractivity contribution in [3.8, 4) is 0 Å². The van der Waals surface area contributed by atoms with Crippen LogP contribution in [0.4, 0.5) is 0 Å². The molecule has 1 heterocycles. The topological polar surface area (TPSA) is 64.9 Å². The van der Waals surface area contributed by atoms with E-state index in [1.165, 1.54) is 0 Å². The molecular formula is C10H19N3O. The summed E-state index contributed by atoms with van der Waals surface area (Å²) in [6, 6.07) is 0. The molecule has 80 valence electrons. The van der Waals surface area contributed by atoms with E-state index in [0.717, 1.165) is 25.7 Å². The van der Waals surface area contributed by atoms with Crippen LogP contribution >= 0.6 is 0 Å². The van der Waals surface area contributed by atoms with E-state index in [0.29, 0.717) is 11.7 Å². The van der Waals surface area contributed by atoms with Gasteiger partial charge in [0.25, 0.3) is 0 Å². The van der Waals surface area contributed by atoms with Gasteiger partial charge in [0.1, 0.15) is 0 Å². The fourth-order valence-electron chi connectivity index (χ4n) is 1.74. The molecule has 0 saturated carbocycles. The lowest BCUT2D eigenvalue weighted by Gasteiger charge is -2.24. The van der Waals surface area contributed by atoms with Crippen molar-refractivity contribution in [2.75, 3.05) is 0 Å². The van der Waals surface area contributed by atoms with Gasteiger partial charge >= 0.3 is 0 Å². The summed E-state index contributed by atoms with van der Waals surface area (Å²) in [4.78, 5) is 4.22. The number of aryl methyl sites for hydroxylation is 1. The van der Waals surface area contributed by atoms with Gasteiger partial charge in [-0.25, -0.2) is 0 Å². The molecule has 0 atom stereocenters. The summed E-state index contributed by atoms with van der Waals surface area (Å²) in [6.45, 7) is 6.02. The van der Waals surface area contributed by atoms with Crippen molar-refractivity contribution in [2.24, 2.45) is 5.73 Å². The second kappa shape index (κ2) is 4.55. The molecule has 0 amide bonds. The predicted octanol–water partition coefficient (Wildman–Crippen LogP) is 2.13. The van der Waals surface area contributed by atoms with Crippen LogP contribution in [0.2, 0.25) is 0 Å². The third-order valence-electron chi connectivity index (χ3n) is 2.37. The highest BCUT2D eigenvalue weighted by atomic mass is 16.5. The SMILES string of the molecule is CCCC(N)(CCC)c1noc(C)n1. The van der Waals surface area contributed by atoms with Crippen LogP contribution in [0.3, 0.4) is 0 Å². The Balaban J connectivity index is 2.86. The second-order valence-corrected chi connectivity index (χ2v) is 3.79. The summed E-state index contributed by atoms with van der Waals surface area (Å²) in [5.41, 5.74) is 5.87. The van der Waals surface area contributed by atoms with E-state index >= 15 is 0 Å². The standard InChI is InChI=1S/C10H19N3O/c1-4-6-10(11,7-5-2)9-12-8(3)14-13-9/h4-7,11H2,1-3H3. The highest BCUT2D eigenvalue weighted by molar-refractivity contribution is 5.03. The smallest absolute Gasteiger partial charge is 0.223 e. The van der Waals surface area contributed by atoms with Gasteiger partial charge in [0, 0.05) is 6.92 Å². The first-order valence-electron chi connectivity index (χ1n) is 5.22. The van der Waals surface area contributed by atoms with Crippen molar-refractivity contribution in [1.29, 1.82) is 0 Å². The molecule has 1 aromatic rings. The first kappa shape index (κ1) is 11.2. The van der Waals surface area contributed by atoms with Gasteiger partial charge in [-0.05, 0) is 12.8 Å². The molecule has 4 nitrogen and oxygen atoms in total. The average molecular weight is 197 g/mol. The molecule has 4 heteroatoms. The Hall–Kier alpha value is -0.900. The minimum Gasteiger partial charge on any atom is -0.340 e. The maximum atomic E-state index is 6.27. The minimum absolute atomic E-state index is 0.402. The van der Waals surface area contributed by atoms with Crippen molar-refractivity contribution in [2.45, 2.75) is 52.0 Å². The molecule has 1 aromatic heterocycles. The molecule has 0 aliphatic carbocycles. The summed E-state index contributed by atoms with van der Waals surface area (Å²) in [5, 5.41) is 3.91. The Morgan fingerprint density at radius 1 is 1.29 bits per heavy atom. The van der Waals surface area contributed by atoms with Crippen LogP contribution in [0.25, 0.3) is 0 Å². The van der Waals surface area contributed by atoms with Gasteiger partial charge in [-0.2, -0.15) is 4.98 Å². The van der Waals surface area contributed by atoms with Crippen molar-refractivity contribution in [3.05, 3.63) is 11.7 Å². The Bertz CT molecular complexity index is 277. The Kier molecular flexibility index (Phi) is 3.63.